The molecule has 2 fully saturated rings. The lowest BCUT2D eigenvalue weighted by Gasteiger charge is -2.27. The molecule has 0 radical (unpaired) electrons. The second-order valence-corrected chi connectivity index (χ2v) is 9.01. The Balaban J connectivity index is 1.48. The molecule has 3 atom stereocenters. The Morgan fingerprint density at radius 3 is 2.36 bits per heavy atom. The summed E-state index contributed by atoms with van der Waals surface area (Å²) in [5, 5.41) is 4.14. The molecule has 0 N–H and O–H groups in total. The number of hydrogen-bond donors (Lipinski definition) is 0. The molecular weight excluding hydrogens is 464 g/mol. The van der Waals surface area contributed by atoms with Crippen molar-refractivity contribution < 1.29 is 24.0 Å². The predicted molar refractivity (Wildman–Crippen MR) is 124 cm³/mol. The smallest absolute Gasteiger partial charge is 0.338 e. The standard InChI is InChI=1S/C24H19ClN2O5S/c1-2-31-24(30)14-5-9-16(10-6-14)26-22(28)19-20(18-4-3-13-33-18)27(32-21(19)23(26)29)17-11-7-15(25)8-12-17/h3-13,19-21H,2H2,1H3/t19-,20+,21+/m1/s1. The van der Waals surface area contributed by atoms with E-state index in [0.29, 0.717) is 22.0 Å². The maximum Gasteiger partial charge on any atom is 0.338 e. The van der Waals surface area contributed by atoms with Gasteiger partial charge in [0.1, 0.15) is 12.0 Å². The zero-order chi connectivity index (χ0) is 23.1. The maximum absolute atomic E-state index is 13.5. The number of nitrogens with zero attached hydrogens (tertiary/aromatic N) is 2. The highest BCUT2D eigenvalue weighted by atomic mass is 35.5. The van der Waals surface area contributed by atoms with Crippen LogP contribution in [0, 0.1) is 5.92 Å². The highest BCUT2D eigenvalue weighted by Crippen LogP contribution is 2.48. The Labute approximate surface area is 199 Å². The molecule has 0 bridgehead atoms. The van der Waals surface area contributed by atoms with Crippen LogP contribution in [0.3, 0.4) is 0 Å². The quantitative estimate of drug-likeness (QED) is 0.390. The SMILES string of the molecule is CCOC(=O)c1ccc(N2C(=O)[C@H]3[C@H](ON(c4ccc(Cl)cc4)[C@H]3c3cccs3)C2=O)cc1. The second kappa shape index (κ2) is 8.62. The fraction of sp³-hybridized carbons (Fsp3) is 0.208. The fourth-order valence-electron chi connectivity index (χ4n) is 4.19. The van der Waals surface area contributed by atoms with Gasteiger partial charge in [-0.25, -0.2) is 14.8 Å². The van der Waals surface area contributed by atoms with Crippen LogP contribution in [0.5, 0.6) is 0 Å². The third-order valence-electron chi connectivity index (χ3n) is 5.67. The van der Waals surface area contributed by atoms with Gasteiger partial charge in [0, 0.05) is 9.90 Å². The topological polar surface area (TPSA) is 76.2 Å². The lowest BCUT2D eigenvalue weighted by Crippen LogP contribution is -2.37. The van der Waals surface area contributed by atoms with Crippen molar-refractivity contribution in [3.05, 3.63) is 81.5 Å². The average molecular weight is 483 g/mol. The number of halogens is 1. The van der Waals surface area contributed by atoms with E-state index in [1.807, 2.05) is 17.5 Å². The van der Waals surface area contributed by atoms with Gasteiger partial charge in [-0.2, -0.15) is 0 Å². The minimum absolute atomic E-state index is 0.263. The Morgan fingerprint density at radius 2 is 1.73 bits per heavy atom. The number of hydrogen-bond acceptors (Lipinski definition) is 7. The second-order valence-electron chi connectivity index (χ2n) is 7.59. The molecule has 2 amide bonds. The van der Waals surface area contributed by atoms with Crippen molar-refractivity contribution in [3.63, 3.8) is 0 Å². The summed E-state index contributed by atoms with van der Waals surface area (Å²) in [4.78, 5) is 46.9. The summed E-state index contributed by atoms with van der Waals surface area (Å²) in [5.74, 6) is -1.95. The first kappa shape index (κ1) is 21.6. The molecule has 2 saturated heterocycles. The Bertz CT molecular complexity index is 1200. The first-order valence-electron chi connectivity index (χ1n) is 10.4. The van der Waals surface area contributed by atoms with Crippen LogP contribution in [0.25, 0.3) is 0 Å². The van der Waals surface area contributed by atoms with Crippen molar-refractivity contribution in [1.29, 1.82) is 0 Å². The van der Waals surface area contributed by atoms with E-state index in [2.05, 4.69) is 0 Å². The summed E-state index contributed by atoms with van der Waals surface area (Å²) in [7, 11) is 0. The van der Waals surface area contributed by atoms with E-state index >= 15 is 0 Å². The van der Waals surface area contributed by atoms with Crippen molar-refractivity contribution in [1.82, 2.24) is 0 Å². The lowest BCUT2D eigenvalue weighted by molar-refractivity contribution is -0.126. The van der Waals surface area contributed by atoms with Crippen molar-refractivity contribution in [3.8, 4) is 0 Å². The van der Waals surface area contributed by atoms with Gasteiger partial charge >= 0.3 is 5.97 Å². The summed E-state index contributed by atoms with van der Waals surface area (Å²) in [5.41, 5.74) is 1.44. The van der Waals surface area contributed by atoms with Gasteiger partial charge in [-0.3, -0.25) is 14.4 Å². The number of thiophene rings is 1. The van der Waals surface area contributed by atoms with Crippen LogP contribution in [0.2, 0.25) is 5.02 Å². The van der Waals surface area contributed by atoms with Crippen molar-refractivity contribution >= 4 is 52.1 Å². The van der Waals surface area contributed by atoms with Crippen LogP contribution in [-0.4, -0.2) is 30.5 Å². The van der Waals surface area contributed by atoms with Gasteiger partial charge in [0.25, 0.3) is 5.91 Å². The number of rotatable bonds is 5. The van der Waals surface area contributed by atoms with E-state index in [0.717, 1.165) is 9.78 Å². The number of carbonyl (C=O) groups is 3. The highest BCUT2D eigenvalue weighted by Gasteiger charge is 2.60. The van der Waals surface area contributed by atoms with Gasteiger partial charge in [0.05, 0.1) is 23.5 Å². The molecular formula is C24H19ClN2O5S. The number of anilines is 2. The summed E-state index contributed by atoms with van der Waals surface area (Å²) in [6.45, 7) is 1.99. The van der Waals surface area contributed by atoms with Gasteiger partial charge in [-0.15, -0.1) is 11.3 Å². The molecule has 7 nitrogen and oxygen atoms in total. The number of esters is 1. The van der Waals surface area contributed by atoms with E-state index in [-0.39, 0.29) is 12.5 Å². The summed E-state index contributed by atoms with van der Waals surface area (Å²) in [6, 6.07) is 16.7. The van der Waals surface area contributed by atoms with Gasteiger partial charge in [0.2, 0.25) is 5.91 Å². The fourth-order valence-corrected chi connectivity index (χ4v) is 5.17. The van der Waals surface area contributed by atoms with Crippen LogP contribution in [0.15, 0.2) is 66.0 Å². The Kier molecular flexibility index (Phi) is 5.65. The minimum atomic E-state index is -0.954. The highest BCUT2D eigenvalue weighted by molar-refractivity contribution is 7.10. The molecule has 5 rings (SSSR count). The molecule has 2 aromatic carbocycles. The predicted octanol–water partition coefficient (Wildman–Crippen LogP) is 4.63. The van der Waals surface area contributed by atoms with E-state index in [1.165, 1.54) is 11.3 Å². The molecule has 3 heterocycles. The van der Waals surface area contributed by atoms with Crippen molar-refractivity contribution in [2.45, 2.75) is 19.1 Å². The first-order chi connectivity index (χ1) is 16.0. The summed E-state index contributed by atoms with van der Waals surface area (Å²) >= 11 is 7.53. The van der Waals surface area contributed by atoms with Crippen LogP contribution in [0.1, 0.15) is 28.2 Å². The van der Waals surface area contributed by atoms with Gasteiger partial charge in [-0.1, -0.05) is 17.7 Å². The van der Waals surface area contributed by atoms with Crippen LogP contribution >= 0.6 is 22.9 Å². The number of imide groups is 1. The monoisotopic (exact) mass is 482 g/mol. The number of fused-ring (bicyclic) bond motifs is 1. The Hall–Kier alpha value is -3.20. The van der Waals surface area contributed by atoms with Gasteiger partial charge in [-0.05, 0) is 66.9 Å². The number of carbonyl (C=O) groups excluding carboxylic acids is 3. The van der Waals surface area contributed by atoms with Crippen LogP contribution in [-0.2, 0) is 19.2 Å². The molecule has 168 valence electrons. The molecule has 0 saturated carbocycles. The molecule has 2 aliphatic rings. The number of ether oxygens (including phenoxy) is 1. The van der Waals surface area contributed by atoms with Gasteiger partial charge < -0.3 is 4.74 Å². The Morgan fingerprint density at radius 1 is 1.03 bits per heavy atom. The van der Waals surface area contributed by atoms with E-state index in [1.54, 1.807) is 60.5 Å². The van der Waals surface area contributed by atoms with E-state index in [4.69, 9.17) is 21.2 Å². The largest absolute Gasteiger partial charge is 0.462 e. The molecule has 33 heavy (non-hydrogen) atoms. The first-order valence-corrected chi connectivity index (χ1v) is 11.7. The summed E-state index contributed by atoms with van der Waals surface area (Å²) < 4.78 is 4.99. The van der Waals surface area contributed by atoms with Crippen molar-refractivity contribution in [2.75, 3.05) is 16.6 Å². The lowest BCUT2D eigenvalue weighted by atomic mass is 9.95. The van der Waals surface area contributed by atoms with Gasteiger partial charge in [0.15, 0.2) is 6.10 Å². The zero-order valence-corrected chi connectivity index (χ0v) is 19.1. The summed E-state index contributed by atoms with van der Waals surface area (Å²) in [6.07, 6.45) is -0.954. The molecule has 0 unspecified atom stereocenters. The maximum atomic E-state index is 13.5. The molecule has 3 aromatic rings. The van der Waals surface area contributed by atoms with Crippen LogP contribution < -0.4 is 9.96 Å². The molecule has 0 spiro atoms. The number of hydroxylamine groups is 1. The molecule has 0 aliphatic carbocycles. The van der Waals surface area contributed by atoms with Crippen molar-refractivity contribution in [2.24, 2.45) is 5.92 Å². The molecule has 2 aliphatic heterocycles. The van der Waals surface area contributed by atoms with E-state index < -0.39 is 29.9 Å². The normalized spacial score (nSPS) is 22.1. The zero-order valence-electron chi connectivity index (χ0n) is 17.5. The third-order valence-corrected chi connectivity index (χ3v) is 6.86. The molecule has 9 heteroatoms. The van der Waals surface area contributed by atoms with Crippen LogP contribution in [0.4, 0.5) is 11.4 Å². The average Bonchev–Trinajstić information content (AvgIpc) is 3.52. The molecule has 1 aromatic heterocycles. The third kappa shape index (κ3) is 3.70. The number of benzene rings is 2. The minimum Gasteiger partial charge on any atom is -0.462 e. The number of amides is 2. The van der Waals surface area contributed by atoms with E-state index in [9.17, 15) is 14.4 Å².